The van der Waals surface area contributed by atoms with Crippen molar-refractivity contribution in [1.82, 2.24) is 0 Å². The van der Waals surface area contributed by atoms with Gasteiger partial charge in [0, 0.05) is 0 Å². The van der Waals surface area contributed by atoms with Crippen molar-refractivity contribution in [3.63, 3.8) is 0 Å². The zero-order chi connectivity index (χ0) is 15.8. The van der Waals surface area contributed by atoms with Crippen LogP contribution >= 0.6 is 28.3 Å². The number of fused-ring (bicyclic) bond motifs is 2. The Morgan fingerprint density at radius 2 is 0.955 bits per heavy atom. The van der Waals surface area contributed by atoms with Crippen molar-refractivity contribution >= 4 is 49.8 Å². The maximum atomic E-state index is 4.98. The number of halogens is 3. The largest absolute Gasteiger partial charge is 0.168 e. The zero-order valence-electron chi connectivity index (χ0n) is 11.6. The second-order valence-electron chi connectivity index (χ2n) is 4.48. The van der Waals surface area contributed by atoms with Gasteiger partial charge in [0.25, 0.3) is 0 Å². The Hall–Kier alpha value is -0.782. The molecule has 0 aliphatic heterocycles. The topological polar surface area (TPSA) is 0 Å². The van der Waals surface area contributed by atoms with E-state index in [0.29, 0.717) is 0 Å². The van der Waals surface area contributed by atoms with Crippen LogP contribution in [0.4, 0.5) is 0 Å². The molecule has 4 aromatic carbocycles. The average Bonchev–Trinajstić information content (AvgIpc) is 3.16. The van der Waals surface area contributed by atoms with Gasteiger partial charge in [0.05, 0.1) is 0 Å². The molecule has 0 radical (unpaired) electrons. The Balaban J connectivity index is 0.000000131. The maximum Gasteiger partial charge on any atom is -0.0809 e. The molecule has 0 atom stereocenters. The van der Waals surface area contributed by atoms with E-state index in [2.05, 4.69) is 84.9 Å². The number of benzene rings is 2. The van der Waals surface area contributed by atoms with Gasteiger partial charge in [-0.25, -0.2) is 0 Å². The molecular formula is C18H14Cl3Mo-2. The van der Waals surface area contributed by atoms with Gasteiger partial charge in [0.1, 0.15) is 0 Å². The van der Waals surface area contributed by atoms with Crippen molar-refractivity contribution in [1.29, 1.82) is 0 Å². The Morgan fingerprint density at radius 1 is 0.591 bits per heavy atom. The van der Waals surface area contributed by atoms with Gasteiger partial charge >= 0.3 is 42.4 Å². The minimum atomic E-state index is -1.94. The third kappa shape index (κ3) is 5.78. The summed E-state index contributed by atoms with van der Waals surface area (Å²) in [6.45, 7) is 0. The fourth-order valence-electron chi connectivity index (χ4n) is 2.14. The monoisotopic (exact) mass is 433 g/mol. The zero-order valence-corrected chi connectivity index (χ0v) is 15.9. The van der Waals surface area contributed by atoms with Gasteiger partial charge in [0.15, 0.2) is 0 Å². The van der Waals surface area contributed by atoms with Crippen molar-refractivity contribution in [3.8, 4) is 0 Å². The molecule has 0 aromatic heterocycles. The quantitative estimate of drug-likeness (QED) is 0.204. The van der Waals surface area contributed by atoms with E-state index >= 15 is 0 Å². The summed E-state index contributed by atoms with van der Waals surface area (Å²) in [7, 11) is 14.9. The Kier molecular flexibility index (Phi) is 7.49. The summed E-state index contributed by atoms with van der Waals surface area (Å²) >= 11 is -1.94. The van der Waals surface area contributed by atoms with Crippen LogP contribution < -0.4 is 0 Å². The molecule has 0 saturated heterocycles. The summed E-state index contributed by atoms with van der Waals surface area (Å²) in [6, 6.07) is 29.3. The summed E-state index contributed by atoms with van der Waals surface area (Å²) in [5.74, 6) is 0. The van der Waals surface area contributed by atoms with Crippen LogP contribution in [0.3, 0.4) is 0 Å². The first-order valence-corrected chi connectivity index (χ1v) is 14.4. The van der Waals surface area contributed by atoms with Crippen LogP contribution in [0.1, 0.15) is 0 Å². The van der Waals surface area contributed by atoms with Gasteiger partial charge in [-0.15, -0.1) is 59.3 Å². The Morgan fingerprint density at radius 3 is 1.32 bits per heavy atom. The van der Waals surface area contributed by atoms with Crippen molar-refractivity contribution in [3.05, 3.63) is 84.9 Å². The molecule has 0 fully saturated rings. The van der Waals surface area contributed by atoms with Crippen LogP contribution in [0.2, 0.25) is 0 Å². The summed E-state index contributed by atoms with van der Waals surface area (Å²) in [5.41, 5.74) is 0. The van der Waals surface area contributed by atoms with Crippen molar-refractivity contribution in [2.45, 2.75) is 0 Å². The van der Waals surface area contributed by atoms with Crippen LogP contribution in [-0.4, -0.2) is 0 Å². The van der Waals surface area contributed by atoms with Gasteiger partial charge in [-0.1, -0.05) is 12.1 Å². The summed E-state index contributed by atoms with van der Waals surface area (Å²) in [6.07, 6.45) is 0. The van der Waals surface area contributed by atoms with Gasteiger partial charge in [0.2, 0.25) is 0 Å². The van der Waals surface area contributed by atoms with E-state index in [1.807, 2.05) is 0 Å². The van der Waals surface area contributed by atoms with E-state index in [-0.39, 0.29) is 0 Å². The first kappa shape index (κ1) is 17.6. The van der Waals surface area contributed by atoms with E-state index in [0.717, 1.165) is 0 Å². The third-order valence-electron chi connectivity index (χ3n) is 3.10. The van der Waals surface area contributed by atoms with Crippen LogP contribution in [0.25, 0.3) is 21.5 Å². The molecule has 0 aliphatic carbocycles. The minimum Gasteiger partial charge on any atom is -0.168 e. The van der Waals surface area contributed by atoms with Crippen LogP contribution in [0.15, 0.2) is 84.9 Å². The molecule has 4 rings (SSSR count). The molecule has 0 spiro atoms. The number of hydrogen-bond donors (Lipinski definition) is 0. The molecule has 0 nitrogen and oxygen atoms in total. The summed E-state index contributed by atoms with van der Waals surface area (Å²) in [4.78, 5) is 0. The molecule has 22 heavy (non-hydrogen) atoms. The molecule has 0 saturated carbocycles. The van der Waals surface area contributed by atoms with E-state index in [9.17, 15) is 0 Å². The van der Waals surface area contributed by atoms with E-state index in [4.69, 9.17) is 28.3 Å². The summed E-state index contributed by atoms with van der Waals surface area (Å²) < 4.78 is 0. The van der Waals surface area contributed by atoms with Gasteiger partial charge in [-0.2, -0.15) is 35.0 Å². The van der Waals surface area contributed by atoms with Gasteiger partial charge in [-0.3, -0.25) is 0 Å². The van der Waals surface area contributed by atoms with Crippen molar-refractivity contribution in [2.75, 3.05) is 0 Å². The van der Waals surface area contributed by atoms with Crippen LogP contribution in [-0.2, 0) is 14.2 Å². The maximum absolute atomic E-state index is 4.98. The average molecular weight is 433 g/mol. The first-order valence-electron chi connectivity index (χ1n) is 6.61. The normalized spacial score (nSPS) is 10.0. The Bertz CT molecular complexity index is 673. The second-order valence-corrected chi connectivity index (χ2v) is 13.6. The van der Waals surface area contributed by atoms with Crippen molar-refractivity contribution < 1.29 is 14.2 Å². The second kappa shape index (κ2) is 9.38. The molecule has 4 heteroatoms. The van der Waals surface area contributed by atoms with Gasteiger partial charge < -0.3 is 0 Å². The fourth-order valence-corrected chi connectivity index (χ4v) is 2.14. The number of rotatable bonds is 0. The smallest absolute Gasteiger partial charge is 0.0809 e. The molecule has 115 valence electrons. The predicted molar refractivity (Wildman–Crippen MR) is 96.6 cm³/mol. The van der Waals surface area contributed by atoms with Gasteiger partial charge in [-0.05, 0) is 0 Å². The Labute approximate surface area is 148 Å². The molecule has 0 amide bonds. The van der Waals surface area contributed by atoms with E-state index < -0.39 is 14.2 Å². The SMILES string of the molecule is [Cl][Mo]([Cl])[Cl].c1ccc2[cH-]ccc2c1.c1ccc2[cH-]ccc2c1. The van der Waals surface area contributed by atoms with Crippen LogP contribution in [0.5, 0.6) is 0 Å². The molecule has 0 aliphatic rings. The molecular weight excluding hydrogens is 418 g/mol. The third-order valence-corrected chi connectivity index (χ3v) is 3.10. The first-order chi connectivity index (χ1) is 10.7. The predicted octanol–water partition coefficient (Wildman–Crippen LogP) is 7.18. The van der Waals surface area contributed by atoms with E-state index in [1.165, 1.54) is 21.5 Å². The number of hydrogen-bond acceptors (Lipinski definition) is 0. The molecule has 0 N–H and O–H groups in total. The minimum absolute atomic E-state index is 1.33. The van der Waals surface area contributed by atoms with Crippen LogP contribution in [0, 0.1) is 0 Å². The molecule has 0 heterocycles. The molecule has 0 bridgehead atoms. The van der Waals surface area contributed by atoms with E-state index in [1.54, 1.807) is 0 Å². The van der Waals surface area contributed by atoms with Crippen molar-refractivity contribution in [2.24, 2.45) is 0 Å². The molecule has 4 aromatic rings. The standard InChI is InChI=1S/2C9H7.3ClH.Mo/c2*1-2-5-9-7-3-6-8(9)4-1;;;;/h2*1-7H;3*1H;/q2*-1;;;;+3/p-3. The summed E-state index contributed by atoms with van der Waals surface area (Å²) in [5, 5.41) is 5.32. The fraction of sp³-hybridized carbons (Fsp3) is 0. The molecule has 0 unspecified atom stereocenters.